The number of fused-ring (bicyclic) bond motifs is 6. The molecule has 2 bridgehead atoms. The maximum atomic E-state index is 16.7. The zero-order chi connectivity index (χ0) is 29.9. The minimum atomic E-state index is -0.927. The molecular weight excluding hydrogens is 585 g/mol. The number of carbonyl (C=O) groups excluding carboxylic acids is 1. The third-order valence-corrected chi connectivity index (χ3v) is 11.1. The van der Waals surface area contributed by atoms with Crippen molar-refractivity contribution in [1.29, 1.82) is 0 Å². The fourth-order valence-corrected chi connectivity index (χ4v) is 9.01. The molecule has 10 nitrogen and oxygen atoms in total. The van der Waals surface area contributed by atoms with Gasteiger partial charge >= 0.3 is 12.2 Å². The number of amides is 2. The van der Waals surface area contributed by atoms with E-state index in [1.54, 1.807) is 6.20 Å². The normalized spacial score (nSPS) is 27.0. The zero-order valence-electron chi connectivity index (χ0n) is 24.0. The molecule has 44 heavy (non-hydrogen) atoms. The predicted molar refractivity (Wildman–Crippen MR) is 161 cm³/mol. The maximum Gasteiger partial charge on any atom is 0.410 e. The lowest BCUT2D eigenvalue weighted by Gasteiger charge is -2.40. The summed E-state index contributed by atoms with van der Waals surface area (Å²) in [6, 6.07) is 7.31. The molecule has 10 rings (SSSR count). The van der Waals surface area contributed by atoms with Gasteiger partial charge in [-0.2, -0.15) is 0 Å². The Morgan fingerprint density at radius 2 is 2.09 bits per heavy atom. The highest BCUT2D eigenvalue weighted by molar-refractivity contribution is 7.98. The van der Waals surface area contributed by atoms with Crippen molar-refractivity contribution in [3.63, 3.8) is 0 Å². The quantitative estimate of drug-likeness (QED) is 0.278. The standard InChI is InChI=1S/C32H30FN5O5S/c1-44-30-19-11-22(21-8-7-17-14-43-32(41)37(17)21)38(27-16-10-23(27)36(13-16)31(39)40)28(19)20-12-34-25(24(33)26(20)35-30)18-6-2-4-15-5-3-9-42-29(15)18/h2,4,6,11-12,16-17,21,23,27H,3,5,7-10,13-14H2,1H3,(H,39,40)/t16-,17+,21?,23-,27+/m1/s1. The Hall–Kier alpha value is -4.06. The number of nitrogens with zero attached hydrogens (tertiary/aromatic N) is 5. The third-order valence-electron chi connectivity index (χ3n) is 10.4. The molecule has 3 aromatic heterocycles. The number of cyclic esters (lactones) is 1. The number of ether oxygens (including phenoxy) is 2. The number of para-hydroxylation sites is 1. The lowest BCUT2D eigenvalue weighted by Crippen LogP contribution is -2.43. The van der Waals surface area contributed by atoms with E-state index in [1.165, 1.54) is 16.7 Å². The smallest absolute Gasteiger partial charge is 0.410 e. The average molecular weight is 616 g/mol. The van der Waals surface area contributed by atoms with Crippen molar-refractivity contribution >= 4 is 45.8 Å². The van der Waals surface area contributed by atoms with Crippen LogP contribution >= 0.6 is 11.8 Å². The van der Waals surface area contributed by atoms with Crippen LogP contribution in [0.25, 0.3) is 33.1 Å². The highest BCUT2D eigenvalue weighted by Crippen LogP contribution is 2.54. The van der Waals surface area contributed by atoms with Crippen LogP contribution in [0.3, 0.4) is 0 Å². The molecule has 8 heterocycles. The summed E-state index contributed by atoms with van der Waals surface area (Å²) in [4.78, 5) is 38.0. The Balaban J connectivity index is 1.30. The Morgan fingerprint density at radius 3 is 2.91 bits per heavy atom. The first-order valence-corrected chi connectivity index (χ1v) is 16.4. The van der Waals surface area contributed by atoms with Gasteiger partial charge in [-0.15, -0.1) is 11.8 Å². The molecule has 5 atom stereocenters. The second-order valence-corrected chi connectivity index (χ2v) is 13.3. The topological polar surface area (TPSA) is 110 Å². The molecule has 5 fully saturated rings. The van der Waals surface area contributed by atoms with Gasteiger partial charge in [-0.1, -0.05) is 12.1 Å². The molecule has 1 saturated carbocycles. The van der Waals surface area contributed by atoms with Crippen molar-refractivity contribution < 1.29 is 28.6 Å². The van der Waals surface area contributed by atoms with E-state index in [-0.39, 0.29) is 47.4 Å². The second-order valence-electron chi connectivity index (χ2n) is 12.5. The van der Waals surface area contributed by atoms with Crippen LogP contribution in [0.1, 0.15) is 49.0 Å². The molecule has 1 unspecified atom stereocenters. The summed E-state index contributed by atoms with van der Waals surface area (Å²) in [6.07, 6.45) is 6.55. The van der Waals surface area contributed by atoms with Crippen molar-refractivity contribution in [2.24, 2.45) is 5.92 Å². The predicted octanol–water partition coefficient (Wildman–Crippen LogP) is 6.02. The number of thioether (sulfide) groups is 1. The molecule has 4 saturated heterocycles. The van der Waals surface area contributed by atoms with Crippen molar-refractivity contribution in [2.75, 3.05) is 26.0 Å². The first kappa shape index (κ1) is 26.4. The Bertz CT molecular complexity index is 1910. The van der Waals surface area contributed by atoms with Crippen molar-refractivity contribution in [3.05, 3.63) is 47.5 Å². The molecule has 12 heteroatoms. The van der Waals surface area contributed by atoms with Gasteiger partial charge in [-0.05, 0) is 56.1 Å². The number of aryl methyl sites for hydroxylation is 1. The number of benzene rings is 1. The largest absolute Gasteiger partial charge is 0.493 e. The van der Waals surface area contributed by atoms with Crippen LogP contribution in [0, 0.1) is 11.7 Å². The van der Waals surface area contributed by atoms with Crippen molar-refractivity contribution in [1.82, 2.24) is 24.3 Å². The van der Waals surface area contributed by atoms with E-state index < -0.39 is 11.9 Å². The Morgan fingerprint density at radius 1 is 1.20 bits per heavy atom. The van der Waals surface area contributed by atoms with Gasteiger partial charge in [-0.3, -0.25) is 9.88 Å². The van der Waals surface area contributed by atoms with Crippen LogP contribution < -0.4 is 4.74 Å². The Labute approximate surface area is 256 Å². The van der Waals surface area contributed by atoms with Gasteiger partial charge < -0.3 is 24.0 Å². The number of hydrogen-bond donors (Lipinski definition) is 1. The molecule has 0 radical (unpaired) electrons. The summed E-state index contributed by atoms with van der Waals surface area (Å²) in [6.45, 7) is 1.41. The average Bonchev–Trinajstić information content (AvgIpc) is 3.85. The number of rotatable bonds is 4. The van der Waals surface area contributed by atoms with E-state index in [9.17, 15) is 14.7 Å². The minimum absolute atomic E-state index is 0.0168. The summed E-state index contributed by atoms with van der Waals surface area (Å²) >= 11 is 1.44. The van der Waals surface area contributed by atoms with Gasteiger partial charge in [-0.25, -0.2) is 19.0 Å². The van der Waals surface area contributed by atoms with Crippen LogP contribution in [0.15, 0.2) is 35.5 Å². The first-order chi connectivity index (χ1) is 21.4. The van der Waals surface area contributed by atoms with Gasteiger partial charge in [0.15, 0.2) is 5.82 Å². The van der Waals surface area contributed by atoms with E-state index in [0.717, 1.165) is 54.3 Å². The van der Waals surface area contributed by atoms with Crippen LogP contribution in [-0.4, -0.2) is 79.7 Å². The summed E-state index contributed by atoms with van der Waals surface area (Å²) in [5.41, 5.74) is 3.80. The number of carboxylic acid groups (broad SMARTS) is 1. The number of halogens is 1. The highest BCUT2D eigenvalue weighted by atomic mass is 32.2. The van der Waals surface area contributed by atoms with E-state index in [2.05, 4.69) is 10.6 Å². The summed E-state index contributed by atoms with van der Waals surface area (Å²) in [5, 5.41) is 12.1. The van der Waals surface area contributed by atoms with Gasteiger partial charge in [0.2, 0.25) is 0 Å². The highest BCUT2D eigenvalue weighted by Gasteiger charge is 2.56. The number of aromatic nitrogens is 3. The van der Waals surface area contributed by atoms with E-state index >= 15 is 4.39 Å². The maximum absolute atomic E-state index is 16.7. The number of pyridine rings is 2. The molecule has 1 N–H and O–H groups in total. The summed E-state index contributed by atoms with van der Waals surface area (Å²) in [5.74, 6) is 0.290. The molecule has 1 aromatic carbocycles. The van der Waals surface area contributed by atoms with Crippen LogP contribution in [0.5, 0.6) is 5.75 Å². The fraction of sp³-hybridized carbons (Fsp3) is 0.438. The molecule has 5 aliphatic heterocycles. The monoisotopic (exact) mass is 615 g/mol. The minimum Gasteiger partial charge on any atom is -0.493 e. The van der Waals surface area contributed by atoms with Crippen LogP contribution in [0.4, 0.5) is 14.0 Å². The summed E-state index contributed by atoms with van der Waals surface area (Å²) in [7, 11) is 0. The number of hydrogen-bond acceptors (Lipinski definition) is 7. The molecule has 226 valence electrons. The molecule has 0 spiro atoms. The molecule has 1 aliphatic carbocycles. The lowest BCUT2D eigenvalue weighted by atomic mass is 9.79. The molecule has 6 aliphatic rings. The molecule has 4 aromatic rings. The van der Waals surface area contributed by atoms with Crippen molar-refractivity contribution in [3.8, 4) is 17.0 Å². The van der Waals surface area contributed by atoms with Crippen molar-refractivity contribution in [2.45, 2.75) is 61.3 Å². The molecule has 2 amide bonds. The van der Waals surface area contributed by atoms with E-state index in [0.29, 0.717) is 41.5 Å². The fourth-order valence-electron chi connectivity index (χ4n) is 8.45. The van der Waals surface area contributed by atoms with Gasteiger partial charge in [0.05, 0.1) is 36.3 Å². The summed E-state index contributed by atoms with van der Waals surface area (Å²) < 4.78 is 30.3. The van der Waals surface area contributed by atoms with E-state index in [1.807, 2.05) is 29.4 Å². The molecular formula is C32H30FN5O5S. The van der Waals surface area contributed by atoms with E-state index in [4.69, 9.17) is 19.4 Å². The SMILES string of the molecule is CSc1nc2c(F)c(-c3cccc4c3OCCC4)ncc2c2c1cc(C1CC[C@H]3COC(=O)N13)n2[C@H]1[C@@H]2C[C@H]1N(C(=O)O)C2. The van der Waals surface area contributed by atoms with Gasteiger partial charge in [0.1, 0.15) is 28.6 Å². The first-order valence-electron chi connectivity index (χ1n) is 15.2. The Kier molecular flexibility index (Phi) is 5.67. The lowest BCUT2D eigenvalue weighted by molar-refractivity contribution is 0.122. The third kappa shape index (κ3) is 3.48. The van der Waals surface area contributed by atoms with Gasteiger partial charge in [0.25, 0.3) is 0 Å². The second kappa shape index (κ2) is 9.47. The number of carbonyl (C=O) groups is 2. The zero-order valence-corrected chi connectivity index (χ0v) is 24.8. The van der Waals surface area contributed by atoms with Crippen LogP contribution in [-0.2, 0) is 11.2 Å². The van der Waals surface area contributed by atoms with Gasteiger partial charge in [0, 0.05) is 40.7 Å². The van der Waals surface area contributed by atoms with Crippen LogP contribution in [0.2, 0.25) is 0 Å².